The molecule has 0 saturated carbocycles. The molecule has 1 unspecified atom stereocenters. The predicted molar refractivity (Wildman–Crippen MR) is 84.6 cm³/mol. The van der Waals surface area contributed by atoms with Gasteiger partial charge in [0.25, 0.3) is 0 Å². The van der Waals surface area contributed by atoms with Crippen LogP contribution < -0.4 is 0 Å². The lowest BCUT2D eigenvalue weighted by atomic mass is 9.99. The fourth-order valence-electron chi connectivity index (χ4n) is 2.35. The van der Waals surface area contributed by atoms with E-state index < -0.39 is 11.9 Å². The van der Waals surface area contributed by atoms with Crippen LogP contribution in [-0.4, -0.2) is 10.1 Å². The van der Waals surface area contributed by atoms with Gasteiger partial charge in [0.05, 0.1) is 5.52 Å². The maximum absolute atomic E-state index is 14.0. The molecule has 3 rings (SSSR count). The molecule has 1 N–H and O–H groups in total. The zero-order valence-corrected chi connectivity index (χ0v) is 12.9. The molecular weight excluding hydrogens is 333 g/mol. The number of aromatic nitrogens is 1. The van der Waals surface area contributed by atoms with Crippen LogP contribution in [0.2, 0.25) is 0 Å². The highest BCUT2D eigenvalue weighted by molar-refractivity contribution is 9.10. The topological polar surface area (TPSA) is 33.1 Å². The number of aliphatic hydroxyl groups is 1. The molecule has 0 fully saturated rings. The van der Waals surface area contributed by atoms with Crippen molar-refractivity contribution in [3.63, 3.8) is 0 Å². The highest BCUT2D eigenvalue weighted by Gasteiger charge is 2.18. The lowest BCUT2D eigenvalue weighted by molar-refractivity contribution is 0.214. The molecule has 1 heterocycles. The Morgan fingerprint density at radius 2 is 1.95 bits per heavy atom. The first kappa shape index (κ1) is 14.2. The number of nitrogens with zero attached hydrogens (tertiary/aromatic N) is 1. The molecule has 2 nitrogen and oxygen atoms in total. The summed E-state index contributed by atoms with van der Waals surface area (Å²) in [4.78, 5) is 4.42. The molecule has 21 heavy (non-hydrogen) atoms. The highest BCUT2D eigenvalue weighted by atomic mass is 79.9. The molecule has 1 atom stereocenters. The third-order valence-corrected chi connectivity index (χ3v) is 4.13. The van der Waals surface area contributed by atoms with E-state index in [0.717, 1.165) is 16.6 Å². The Balaban J connectivity index is 2.09. The van der Waals surface area contributed by atoms with Crippen LogP contribution in [0, 0.1) is 12.7 Å². The molecule has 0 radical (unpaired) electrons. The zero-order valence-electron chi connectivity index (χ0n) is 11.3. The van der Waals surface area contributed by atoms with E-state index >= 15 is 0 Å². The van der Waals surface area contributed by atoms with Gasteiger partial charge in [0.2, 0.25) is 0 Å². The molecule has 0 bridgehead atoms. The van der Waals surface area contributed by atoms with Crippen LogP contribution in [-0.2, 0) is 0 Å². The molecule has 0 aliphatic carbocycles. The standard InChI is InChI=1S/C17H13BrFNO/c1-10-5-6-11-9-12(7-8-15(11)20-10)17(21)16-13(18)3-2-4-14(16)19/h2-9,17,21H,1H3. The molecule has 3 aromatic rings. The van der Waals surface area contributed by atoms with Crippen LogP contribution in [0.3, 0.4) is 0 Å². The van der Waals surface area contributed by atoms with Gasteiger partial charge in [-0.15, -0.1) is 0 Å². The highest BCUT2D eigenvalue weighted by Crippen LogP contribution is 2.31. The minimum Gasteiger partial charge on any atom is -0.384 e. The van der Waals surface area contributed by atoms with Crippen molar-refractivity contribution >= 4 is 26.8 Å². The second-order valence-electron chi connectivity index (χ2n) is 4.94. The van der Waals surface area contributed by atoms with E-state index in [9.17, 15) is 9.50 Å². The van der Waals surface area contributed by atoms with Gasteiger partial charge in [-0.3, -0.25) is 4.98 Å². The summed E-state index contributed by atoms with van der Waals surface area (Å²) in [6.07, 6.45) is -1.02. The SMILES string of the molecule is Cc1ccc2cc(C(O)c3c(F)cccc3Br)ccc2n1. The molecule has 4 heteroatoms. The monoisotopic (exact) mass is 345 g/mol. The number of aryl methyl sites for hydroxylation is 1. The van der Waals surface area contributed by atoms with Crippen LogP contribution >= 0.6 is 15.9 Å². The average Bonchev–Trinajstić information content (AvgIpc) is 2.46. The molecule has 0 aliphatic heterocycles. The quantitative estimate of drug-likeness (QED) is 0.740. The first-order valence-electron chi connectivity index (χ1n) is 6.55. The van der Waals surface area contributed by atoms with Gasteiger partial charge in [-0.2, -0.15) is 0 Å². The second-order valence-corrected chi connectivity index (χ2v) is 5.80. The Morgan fingerprint density at radius 3 is 2.71 bits per heavy atom. The predicted octanol–water partition coefficient (Wildman–Crippen LogP) is 4.53. The first-order chi connectivity index (χ1) is 10.1. The number of rotatable bonds is 2. The van der Waals surface area contributed by atoms with E-state index in [-0.39, 0.29) is 5.56 Å². The summed E-state index contributed by atoms with van der Waals surface area (Å²) in [6.45, 7) is 1.93. The van der Waals surface area contributed by atoms with Gasteiger partial charge in [-0.25, -0.2) is 4.39 Å². The van der Waals surface area contributed by atoms with Crippen molar-refractivity contribution in [3.05, 3.63) is 75.6 Å². The van der Waals surface area contributed by atoms with Crippen molar-refractivity contribution < 1.29 is 9.50 Å². The smallest absolute Gasteiger partial charge is 0.130 e. The third kappa shape index (κ3) is 2.69. The first-order valence-corrected chi connectivity index (χ1v) is 7.35. The molecular formula is C17H13BrFNO. The number of hydrogen-bond donors (Lipinski definition) is 1. The van der Waals surface area contributed by atoms with Crippen molar-refractivity contribution in [3.8, 4) is 0 Å². The maximum Gasteiger partial charge on any atom is 0.130 e. The Morgan fingerprint density at radius 1 is 1.14 bits per heavy atom. The normalized spacial score (nSPS) is 12.6. The molecule has 0 amide bonds. The zero-order chi connectivity index (χ0) is 15.0. The number of aliphatic hydroxyl groups excluding tert-OH is 1. The lowest BCUT2D eigenvalue weighted by Crippen LogP contribution is -2.04. The second kappa shape index (κ2) is 5.54. The van der Waals surface area contributed by atoms with E-state index in [4.69, 9.17) is 0 Å². The number of hydrogen-bond acceptors (Lipinski definition) is 2. The molecule has 1 aromatic heterocycles. The van der Waals surface area contributed by atoms with E-state index in [1.807, 2.05) is 31.2 Å². The summed E-state index contributed by atoms with van der Waals surface area (Å²) < 4.78 is 14.5. The summed E-state index contributed by atoms with van der Waals surface area (Å²) in [7, 11) is 0. The molecule has 0 saturated heterocycles. The Kier molecular flexibility index (Phi) is 3.74. The maximum atomic E-state index is 14.0. The van der Waals surface area contributed by atoms with Crippen LogP contribution in [0.4, 0.5) is 4.39 Å². The molecule has 106 valence electrons. The van der Waals surface area contributed by atoms with Crippen LogP contribution in [0.5, 0.6) is 0 Å². The van der Waals surface area contributed by atoms with Gasteiger partial charge in [0.15, 0.2) is 0 Å². The van der Waals surface area contributed by atoms with Gasteiger partial charge >= 0.3 is 0 Å². The Hall–Kier alpha value is -1.78. The fourth-order valence-corrected chi connectivity index (χ4v) is 2.91. The third-order valence-electron chi connectivity index (χ3n) is 3.44. The van der Waals surface area contributed by atoms with Crippen molar-refractivity contribution in [1.29, 1.82) is 0 Å². The minimum absolute atomic E-state index is 0.247. The largest absolute Gasteiger partial charge is 0.384 e. The van der Waals surface area contributed by atoms with Crippen molar-refractivity contribution in [1.82, 2.24) is 4.98 Å². The van der Waals surface area contributed by atoms with Gasteiger partial charge in [-0.05, 0) is 42.8 Å². The Labute approximate surface area is 130 Å². The summed E-state index contributed by atoms with van der Waals surface area (Å²) in [5.41, 5.74) is 2.68. The van der Waals surface area contributed by atoms with E-state index in [2.05, 4.69) is 20.9 Å². The number of benzene rings is 2. The van der Waals surface area contributed by atoms with Gasteiger partial charge in [0.1, 0.15) is 11.9 Å². The minimum atomic E-state index is -1.02. The average molecular weight is 346 g/mol. The van der Waals surface area contributed by atoms with E-state index in [1.54, 1.807) is 18.2 Å². The summed E-state index contributed by atoms with van der Waals surface area (Å²) in [5.74, 6) is -0.431. The molecule has 0 spiro atoms. The number of pyridine rings is 1. The van der Waals surface area contributed by atoms with Crippen LogP contribution in [0.1, 0.15) is 22.9 Å². The van der Waals surface area contributed by atoms with Crippen LogP contribution in [0.15, 0.2) is 53.0 Å². The van der Waals surface area contributed by atoms with E-state index in [1.165, 1.54) is 6.07 Å². The summed E-state index contributed by atoms with van der Waals surface area (Å²) in [5, 5.41) is 11.4. The fraction of sp³-hybridized carbons (Fsp3) is 0.118. The van der Waals surface area contributed by atoms with E-state index in [0.29, 0.717) is 10.0 Å². The van der Waals surface area contributed by atoms with Gasteiger partial charge in [-0.1, -0.05) is 34.1 Å². The van der Waals surface area contributed by atoms with Gasteiger partial charge in [0, 0.05) is 21.1 Å². The number of halogens is 2. The van der Waals surface area contributed by atoms with Crippen molar-refractivity contribution in [2.24, 2.45) is 0 Å². The summed E-state index contributed by atoms with van der Waals surface area (Å²) in [6, 6.07) is 14.0. The molecule has 2 aromatic carbocycles. The van der Waals surface area contributed by atoms with Crippen molar-refractivity contribution in [2.45, 2.75) is 13.0 Å². The molecule has 0 aliphatic rings. The van der Waals surface area contributed by atoms with Gasteiger partial charge < -0.3 is 5.11 Å². The Bertz CT molecular complexity index is 799. The van der Waals surface area contributed by atoms with Crippen LogP contribution in [0.25, 0.3) is 10.9 Å². The van der Waals surface area contributed by atoms with Crippen molar-refractivity contribution in [2.75, 3.05) is 0 Å². The lowest BCUT2D eigenvalue weighted by Gasteiger charge is -2.15. The summed E-state index contributed by atoms with van der Waals surface area (Å²) >= 11 is 3.29. The number of fused-ring (bicyclic) bond motifs is 1.